The number of nitrogens with one attached hydrogen (secondary N) is 1. The number of amides is 1. The maximum atomic E-state index is 11.9. The fraction of sp³-hybridized carbons (Fsp3) is 0.429. The zero-order valence-electron chi connectivity index (χ0n) is 10.4. The number of ether oxygens (including phenoxy) is 2. The number of nitrogens with zero attached hydrogens (tertiary/aromatic N) is 1. The van der Waals surface area contributed by atoms with Gasteiger partial charge in [0.25, 0.3) is 0 Å². The van der Waals surface area contributed by atoms with Crippen LogP contribution in [0.2, 0.25) is 0 Å². The number of aliphatic imine (C=N–C) groups is 1. The minimum Gasteiger partial charge on any atom is -0.339 e. The van der Waals surface area contributed by atoms with Gasteiger partial charge in [0.1, 0.15) is 0 Å². The highest BCUT2D eigenvalue weighted by Crippen LogP contribution is 2.45. The second-order valence-electron chi connectivity index (χ2n) is 5.09. The molecule has 1 aliphatic carbocycles. The molecule has 0 atom stereocenters. The van der Waals surface area contributed by atoms with Crippen LogP contribution in [0.1, 0.15) is 18.4 Å². The molecule has 5 nitrogen and oxygen atoms in total. The SMILES string of the molecule is O=C(Nc1cccc2c1N=CC21OCCO1)C1CC1. The van der Waals surface area contributed by atoms with E-state index in [1.807, 2.05) is 18.2 Å². The van der Waals surface area contributed by atoms with Gasteiger partial charge in [-0.2, -0.15) is 0 Å². The molecule has 2 aliphatic heterocycles. The van der Waals surface area contributed by atoms with Gasteiger partial charge in [0, 0.05) is 11.5 Å². The van der Waals surface area contributed by atoms with Crippen LogP contribution in [0.15, 0.2) is 23.2 Å². The highest BCUT2D eigenvalue weighted by molar-refractivity contribution is 5.99. The minimum atomic E-state index is -0.838. The highest BCUT2D eigenvalue weighted by atomic mass is 16.7. The lowest BCUT2D eigenvalue weighted by Gasteiger charge is -2.20. The van der Waals surface area contributed by atoms with Crippen LogP contribution in [-0.2, 0) is 20.1 Å². The fourth-order valence-electron chi connectivity index (χ4n) is 2.52. The number of rotatable bonds is 2. The lowest BCUT2D eigenvalue weighted by Crippen LogP contribution is -2.26. The van der Waals surface area contributed by atoms with E-state index in [-0.39, 0.29) is 11.8 Å². The third-order valence-electron chi connectivity index (χ3n) is 3.70. The van der Waals surface area contributed by atoms with E-state index >= 15 is 0 Å². The van der Waals surface area contributed by atoms with Crippen molar-refractivity contribution in [3.05, 3.63) is 23.8 Å². The number of fused-ring (bicyclic) bond motifs is 2. The molecule has 1 spiro atoms. The molecular formula is C14H14N2O3. The van der Waals surface area contributed by atoms with Crippen LogP contribution in [0, 0.1) is 5.92 Å². The smallest absolute Gasteiger partial charge is 0.235 e. The van der Waals surface area contributed by atoms with E-state index < -0.39 is 5.79 Å². The fourth-order valence-corrected chi connectivity index (χ4v) is 2.52. The van der Waals surface area contributed by atoms with Crippen LogP contribution in [0.5, 0.6) is 0 Å². The maximum Gasteiger partial charge on any atom is 0.235 e. The average molecular weight is 258 g/mol. The zero-order chi connectivity index (χ0) is 12.9. The summed E-state index contributed by atoms with van der Waals surface area (Å²) in [6, 6.07) is 5.69. The van der Waals surface area contributed by atoms with Gasteiger partial charge in [-0.1, -0.05) is 12.1 Å². The molecule has 0 radical (unpaired) electrons. The number of para-hydroxylation sites is 1. The summed E-state index contributed by atoms with van der Waals surface area (Å²) >= 11 is 0. The third-order valence-corrected chi connectivity index (χ3v) is 3.70. The van der Waals surface area contributed by atoms with E-state index in [0.717, 1.165) is 29.8 Å². The molecule has 5 heteroatoms. The van der Waals surface area contributed by atoms with Crippen LogP contribution in [0.4, 0.5) is 11.4 Å². The summed E-state index contributed by atoms with van der Waals surface area (Å²) in [6.07, 6.45) is 3.65. The number of anilines is 1. The van der Waals surface area contributed by atoms with Crippen molar-refractivity contribution < 1.29 is 14.3 Å². The first-order chi connectivity index (χ1) is 9.28. The van der Waals surface area contributed by atoms with Crippen molar-refractivity contribution in [2.75, 3.05) is 18.5 Å². The first kappa shape index (κ1) is 11.1. The second kappa shape index (κ2) is 3.88. The van der Waals surface area contributed by atoms with E-state index in [1.54, 1.807) is 6.21 Å². The monoisotopic (exact) mass is 258 g/mol. The number of carbonyl (C=O) groups excluding carboxylic acids is 1. The van der Waals surface area contributed by atoms with Gasteiger partial charge in [-0.25, -0.2) is 0 Å². The molecule has 0 unspecified atom stereocenters. The zero-order valence-corrected chi connectivity index (χ0v) is 10.4. The molecule has 1 aromatic carbocycles. The standard InChI is InChI=1S/C14H14N2O3/c17-13(9-4-5-9)16-11-3-1-2-10-12(11)15-8-14(10)18-6-7-19-14/h1-3,8-9H,4-7H2,(H,16,17). The van der Waals surface area contributed by atoms with Gasteiger partial charge in [-0.3, -0.25) is 9.79 Å². The van der Waals surface area contributed by atoms with Crippen molar-refractivity contribution in [1.82, 2.24) is 0 Å². The van der Waals surface area contributed by atoms with Gasteiger partial charge in [-0.05, 0) is 18.9 Å². The average Bonchev–Trinajstić information content (AvgIpc) is 3.08. The highest BCUT2D eigenvalue weighted by Gasteiger charge is 2.43. The Balaban J connectivity index is 1.69. The van der Waals surface area contributed by atoms with Gasteiger partial charge in [-0.15, -0.1) is 0 Å². The largest absolute Gasteiger partial charge is 0.339 e. The summed E-state index contributed by atoms with van der Waals surface area (Å²) in [5, 5.41) is 2.95. The second-order valence-corrected chi connectivity index (χ2v) is 5.09. The van der Waals surface area contributed by atoms with Crippen LogP contribution >= 0.6 is 0 Å². The molecule has 0 bridgehead atoms. The van der Waals surface area contributed by atoms with E-state index in [2.05, 4.69) is 10.3 Å². The predicted molar refractivity (Wildman–Crippen MR) is 69.5 cm³/mol. The number of carbonyl (C=O) groups is 1. The van der Waals surface area contributed by atoms with Crippen molar-refractivity contribution in [2.24, 2.45) is 10.9 Å². The summed E-state index contributed by atoms with van der Waals surface area (Å²) in [4.78, 5) is 16.2. The molecular weight excluding hydrogens is 244 g/mol. The Bertz CT molecular complexity index is 572. The minimum absolute atomic E-state index is 0.0813. The lowest BCUT2D eigenvalue weighted by molar-refractivity contribution is -0.117. The van der Waals surface area contributed by atoms with Gasteiger partial charge in [0.2, 0.25) is 11.7 Å². The number of hydrogen-bond donors (Lipinski definition) is 1. The molecule has 1 N–H and O–H groups in total. The van der Waals surface area contributed by atoms with E-state index in [1.165, 1.54) is 0 Å². The molecule has 3 aliphatic rings. The topological polar surface area (TPSA) is 59.9 Å². The number of benzene rings is 1. The summed E-state index contributed by atoms with van der Waals surface area (Å²) in [7, 11) is 0. The van der Waals surface area contributed by atoms with Crippen molar-refractivity contribution in [3.63, 3.8) is 0 Å². The Morgan fingerprint density at radius 3 is 2.84 bits per heavy atom. The Labute approximate surface area is 110 Å². The van der Waals surface area contributed by atoms with Crippen LogP contribution < -0.4 is 5.32 Å². The summed E-state index contributed by atoms with van der Waals surface area (Å²) in [5.74, 6) is -0.581. The van der Waals surface area contributed by atoms with Gasteiger partial charge < -0.3 is 14.8 Å². The molecule has 4 rings (SSSR count). The summed E-state index contributed by atoms with van der Waals surface area (Å²) in [6.45, 7) is 1.12. The lowest BCUT2D eigenvalue weighted by atomic mass is 10.1. The Hall–Kier alpha value is -1.72. The van der Waals surface area contributed by atoms with Crippen molar-refractivity contribution in [1.29, 1.82) is 0 Å². The van der Waals surface area contributed by atoms with E-state index in [4.69, 9.17) is 9.47 Å². The van der Waals surface area contributed by atoms with Crippen LogP contribution in [0.3, 0.4) is 0 Å². The quantitative estimate of drug-likeness (QED) is 0.882. The molecule has 98 valence electrons. The Morgan fingerprint density at radius 2 is 2.11 bits per heavy atom. The van der Waals surface area contributed by atoms with Crippen LogP contribution in [-0.4, -0.2) is 25.3 Å². The third kappa shape index (κ3) is 1.69. The molecule has 2 fully saturated rings. The van der Waals surface area contributed by atoms with Crippen molar-refractivity contribution in [3.8, 4) is 0 Å². The van der Waals surface area contributed by atoms with Gasteiger partial charge in [0.15, 0.2) is 0 Å². The Morgan fingerprint density at radius 1 is 1.32 bits per heavy atom. The maximum absolute atomic E-state index is 11.9. The van der Waals surface area contributed by atoms with Gasteiger partial charge >= 0.3 is 0 Å². The van der Waals surface area contributed by atoms with Gasteiger partial charge in [0.05, 0.1) is 30.8 Å². The molecule has 1 saturated carbocycles. The first-order valence-corrected chi connectivity index (χ1v) is 6.56. The molecule has 1 aromatic rings. The number of hydrogen-bond acceptors (Lipinski definition) is 4. The Kier molecular flexibility index (Phi) is 2.28. The molecule has 1 saturated heterocycles. The predicted octanol–water partition coefficient (Wildman–Crippen LogP) is 1.95. The molecule has 19 heavy (non-hydrogen) atoms. The van der Waals surface area contributed by atoms with Crippen molar-refractivity contribution in [2.45, 2.75) is 18.6 Å². The molecule has 2 heterocycles. The molecule has 0 aromatic heterocycles. The van der Waals surface area contributed by atoms with E-state index in [9.17, 15) is 4.79 Å². The summed E-state index contributed by atoms with van der Waals surface area (Å²) < 4.78 is 11.3. The van der Waals surface area contributed by atoms with E-state index in [0.29, 0.717) is 13.2 Å². The summed E-state index contributed by atoms with van der Waals surface area (Å²) in [5.41, 5.74) is 2.36. The van der Waals surface area contributed by atoms with Crippen molar-refractivity contribution >= 4 is 23.5 Å². The molecule has 1 amide bonds. The first-order valence-electron chi connectivity index (χ1n) is 6.56. The normalized spacial score (nSPS) is 22.7. The van der Waals surface area contributed by atoms with Crippen LogP contribution in [0.25, 0.3) is 0 Å².